The first-order chi connectivity index (χ1) is 12.1. The summed E-state index contributed by atoms with van der Waals surface area (Å²) in [5.74, 6) is 0.675. The van der Waals surface area contributed by atoms with E-state index in [2.05, 4.69) is 26.2 Å². The van der Waals surface area contributed by atoms with Gasteiger partial charge in [0.15, 0.2) is 11.7 Å². The van der Waals surface area contributed by atoms with E-state index in [0.29, 0.717) is 24.6 Å². The maximum atomic E-state index is 12.9. The van der Waals surface area contributed by atoms with Crippen molar-refractivity contribution in [2.24, 2.45) is 0 Å². The number of oxazole rings is 1. The van der Waals surface area contributed by atoms with Crippen LogP contribution < -0.4 is 5.32 Å². The first-order valence-electron chi connectivity index (χ1n) is 7.82. The molecule has 0 spiro atoms. The molecule has 0 saturated carbocycles. The van der Waals surface area contributed by atoms with Crippen molar-refractivity contribution < 1.29 is 13.6 Å². The lowest BCUT2D eigenvalue weighted by molar-refractivity contribution is -0.121. The molecule has 1 aromatic heterocycles. The van der Waals surface area contributed by atoms with Crippen LogP contribution in [0, 0.1) is 5.82 Å². The zero-order valence-electron chi connectivity index (χ0n) is 13.3. The summed E-state index contributed by atoms with van der Waals surface area (Å²) in [5.41, 5.74) is 1.77. The molecule has 0 aliphatic rings. The summed E-state index contributed by atoms with van der Waals surface area (Å²) in [7, 11) is 0. The summed E-state index contributed by atoms with van der Waals surface area (Å²) < 4.78 is 19.5. The van der Waals surface area contributed by atoms with Crippen LogP contribution in [0.15, 0.2) is 63.6 Å². The standard InChI is InChI=1S/C19H16BrFN2O2/c20-15-3-1-2-13(10-15)11-22-18(24)8-9-19-23-12-17(25-19)14-4-6-16(21)7-5-14/h1-7,10,12H,8-9,11H2,(H,22,24). The van der Waals surface area contributed by atoms with Crippen molar-refractivity contribution in [1.29, 1.82) is 0 Å². The summed E-state index contributed by atoms with van der Waals surface area (Å²) in [6.45, 7) is 0.477. The first-order valence-corrected chi connectivity index (χ1v) is 8.61. The number of amides is 1. The minimum absolute atomic E-state index is 0.0680. The Morgan fingerprint density at radius 3 is 2.76 bits per heavy atom. The number of rotatable bonds is 6. The number of aryl methyl sites for hydroxylation is 1. The van der Waals surface area contributed by atoms with Gasteiger partial charge in [0, 0.05) is 29.4 Å². The molecule has 0 unspecified atom stereocenters. The molecule has 0 aliphatic carbocycles. The van der Waals surface area contributed by atoms with Crippen molar-refractivity contribution in [3.05, 3.63) is 76.5 Å². The largest absolute Gasteiger partial charge is 0.441 e. The lowest BCUT2D eigenvalue weighted by Gasteiger charge is -2.05. The molecule has 1 heterocycles. The van der Waals surface area contributed by atoms with Gasteiger partial charge in [0.25, 0.3) is 0 Å². The van der Waals surface area contributed by atoms with Gasteiger partial charge in [-0.2, -0.15) is 0 Å². The number of nitrogens with one attached hydrogen (secondary N) is 1. The van der Waals surface area contributed by atoms with E-state index in [1.807, 2.05) is 24.3 Å². The Kier molecular flexibility index (Phi) is 5.60. The third-order valence-electron chi connectivity index (χ3n) is 3.63. The highest BCUT2D eigenvalue weighted by atomic mass is 79.9. The van der Waals surface area contributed by atoms with Crippen LogP contribution in [0.4, 0.5) is 4.39 Å². The Morgan fingerprint density at radius 1 is 1.20 bits per heavy atom. The number of hydrogen-bond acceptors (Lipinski definition) is 3. The Balaban J connectivity index is 1.50. The van der Waals surface area contributed by atoms with E-state index in [1.54, 1.807) is 18.3 Å². The number of hydrogen-bond donors (Lipinski definition) is 1. The van der Waals surface area contributed by atoms with Crippen LogP contribution in [0.25, 0.3) is 11.3 Å². The van der Waals surface area contributed by atoms with E-state index in [-0.39, 0.29) is 18.1 Å². The number of carbonyl (C=O) groups excluding carboxylic acids is 1. The van der Waals surface area contributed by atoms with Gasteiger partial charge in [-0.15, -0.1) is 0 Å². The molecule has 0 bridgehead atoms. The zero-order valence-corrected chi connectivity index (χ0v) is 14.9. The third kappa shape index (κ3) is 5.00. The average molecular weight is 403 g/mol. The van der Waals surface area contributed by atoms with E-state index in [1.165, 1.54) is 12.1 Å². The van der Waals surface area contributed by atoms with Crippen molar-refractivity contribution >= 4 is 21.8 Å². The fourth-order valence-corrected chi connectivity index (χ4v) is 2.78. The molecule has 3 aromatic rings. The Morgan fingerprint density at radius 2 is 2.00 bits per heavy atom. The third-order valence-corrected chi connectivity index (χ3v) is 4.12. The number of aromatic nitrogens is 1. The molecule has 6 heteroatoms. The van der Waals surface area contributed by atoms with Crippen LogP contribution in [-0.4, -0.2) is 10.9 Å². The predicted molar refractivity (Wildman–Crippen MR) is 96.2 cm³/mol. The summed E-state index contributed by atoms with van der Waals surface area (Å²) in [6, 6.07) is 13.8. The summed E-state index contributed by atoms with van der Waals surface area (Å²) in [4.78, 5) is 16.1. The van der Waals surface area contributed by atoms with Crippen LogP contribution in [0.3, 0.4) is 0 Å². The molecular weight excluding hydrogens is 387 g/mol. The molecule has 4 nitrogen and oxygen atoms in total. The lowest BCUT2D eigenvalue weighted by atomic mass is 10.2. The smallest absolute Gasteiger partial charge is 0.220 e. The summed E-state index contributed by atoms with van der Waals surface area (Å²) in [5, 5.41) is 2.87. The molecule has 1 amide bonds. The average Bonchev–Trinajstić information content (AvgIpc) is 3.08. The highest BCUT2D eigenvalue weighted by Gasteiger charge is 2.09. The zero-order chi connectivity index (χ0) is 17.6. The second kappa shape index (κ2) is 8.07. The van der Waals surface area contributed by atoms with Gasteiger partial charge in [-0.1, -0.05) is 28.1 Å². The van der Waals surface area contributed by atoms with Crippen LogP contribution in [-0.2, 0) is 17.8 Å². The van der Waals surface area contributed by atoms with E-state index in [4.69, 9.17) is 4.42 Å². The summed E-state index contributed by atoms with van der Waals surface area (Å²) in [6.07, 6.45) is 2.28. The minimum Gasteiger partial charge on any atom is -0.441 e. The van der Waals surface area contributed by atoms with Gasteiger partial charge < -0.3 is 9.73 Å². The van der Waals surface area contributed by atoms with E-state index < -0.39 is 0 Å². The monoisotopic (exact) mass is 402 g/mol. The molecule has 0 saturated heterocycles. The molecule has 3 rings (SSSR count). The number of halogens is 2. The lowest BCUT2D eigenvalue weighted by Crippen LogP contribution is -2.23. The first kappa shape index (κ1) is 17.4. The normalized spacial score (nSPS) is 10.6. The van der Waals surface area contributed by atoms with Gasteiger partial charge in [0.05, 0.1) is 6.20 Å². The maximum Gasteiger partial charge on any atom is 0.220 e. The number of carbonyl (C=O) groups is 1. The maximum absolute atomic E-state index is 12.9. The van der Waals surface area contributed by atoms with Crippen molar-refractivity contribution in [2.45, 2.75) is 19.4 Å². The van der Waals surface area contributed by atoms with Crippen LogP contribution in [0.2, 0.25) is 0 Å². The molecule has 0 aliphatic heterocycles. The fourth-order valence-electron chi connectivity index (χ4n) is 2.33. The van der Waals surface area contributed by atoms with E-state index >= 15 is 0 Å². The van der Waals surface area contributed by atoms with Crippen molar-refractivity contribution in [3.63, 3.8) is 0 Å². The van der Waals surface area contributed by atoms with Crippen molar-refractivity contribution in [1.82, 2.24) is 10.3 Å². The second-order valence-electron chi connectivity index (χ2n) is 5.53. The Bertz CT molecular complexity index is 862. The SMILES string of the molecule is O=C(CCc1ncc(-c2ccc(F)cc2)o1)NCc1cccc(Br)c1. The Labute approximate surface area is 153 Å². The molecule has 128 valence electrons. The number of benzene rings is 2. The van der Waals surface area contributed by atoms with Crippen LogP contribution in [0.5, 0.6) is 0 Å². The Hall–Kier alpha value is -2.47. The van der Waals surface area contributed by atoms with Gasteiger partial charge in [0.1, 0.15) is 5.82 Å². The molecule has 0 radical (unpaired) electrons. The quantitative estimate of drug-likeness (QED) is 0.660. The van der Waals surface area contributed by atoms with Crippen LogP contribution >= 0.6 is 15.9 Å². The minimum atomic E-state index is -0.300. The molecule has 25 heavy (non-hydrogen) atoms. The molecular formula is C19H16BrFN2O2. The molecule has 2 aromatic carbocycles. The highest BCUT2D eigenvalue weighted by molar-refractivity contribution is 9.10. The van der Waals surface area contributed by atoms with Gasteiger partial charge in [-0.25, -0.2) is 9.37 Å². The molecule has 0 fully saturated rings. The van der Waals surface area contributed by atoms with Crippen molar-refractivity contribution in [3.8, 4) is 11.3 Å². The fraction of sp³-hybridized carbons (Fsp3) is 0.158. The molecule has 0 atom stereocenters. The van der Waals surface area contributed by atoms with Crippen molar-refractivity contribution in [2.75, 3.05) is 0 Å². The van der Waals surface area contributed by atoms with Gasteiger partial charge in [-0.05, 0) is 42.0 Å². The van der Waals surface area contributed by atoms with E-state index in [0.717, 1.165) is 15.6 Å². The highest BCUT2D eigenvalue weighted by Crippen LogP contribution is 2.21. The van der Waals surface area contributed by atoms with Gasteiger partial charge >= 0.3 is 0 Å². The molecule has 1 N–H and O–H groups in total. The van der Waals surface area contributed by atoms with Gasteiger partial charge in [0.2, 0.25) is 5.91 Å². The second-order valence-corrected chi connectivity index (χ2v) is 6.45. The topological polar surface area (TPSA) is 55.1 Å². The number of nitrogens with zero attached hydrogens (tertiary/aromatic N) is 1. The van der Waals surface area contributed by atoms with Crippen LogP contribution in [0.1, 0.15) is 17.9 Å². The summed E-state index contributed by atoms with van der Waals surface area (Å²) >= 11 is 3.40. The predicted octanol–water partition coefficient (Wildman–Crippen LogP) is 4.49. The van der Waals surface area contributed by atoms with E-state index in [9.17, 15) is 9.18 Å². The van der Waals surface area contributed by atoms with Gasteiger partial charge in [-0.3, -0.25) is 4.79 Å².